The smallest absolute Gasteiger partial charge is 0.199 e. The van der Waals surface area contributed by atoms with Gasteiger partial charge in [0, 0.05) is 5.56 Å². The van der Waals surface area contributed by atoms with Crippen molar-refractivity contribution in [2.75, 3.05) is 0 Å². The molecule has 3 aromatic rings. The van der Waals surface area contributed by atoms with Gasteiger partial charge in [-0.25, -0.2) is 0 Å². The van der Waals surface area contributed by atoms with Crippen LogP contribution in [0.1, 0.15) is 5.56 Å². The minimum Gasteiger partial charge on any atom is -0.199 e. The van der Waals surface area contributed by atoms with E-state index in [1.165, 1.54) is 6.20 Å². The molecule has 0 unspecified atom stereocenters. The summed E-state index contributed by atoms with van der Waals surface area (Å²) in [5, 5.41) is 3.99. The Morgan fingerprint density at radius 3 is 2.24 bits per heavy atom. The molecule has 106 valence electrons. The van der Waals surface area contributed by atoms with Crippen molar-refractivity contribution in [3.8, 4) is 11.1 Å². The van der Waals surface area contributed by atoms with Gasteiger partial charge in [-0.3, -0.25) is 0 Å². The average molecular weight is 298 g/mol. The zero-order valence-corrected chi connectivity index (χ0v) is 12.3. The van der Waals surface area contributed by atoms with Crippen molar-refractivity contribution in [3.63, 3.8) is 0 Å². The molecule has 0 N–H and O–H groups in total. The summed E-state index contributed by atoms with van der Waals surface area (Å²) < 4.78 is 26.0. The number of benzene rings is 2. The maximum Gasteiger partial charge on any atom is 0.282 e. The van der Waals surface area contributed by atoms with Gasteiger partial charge in [0.15, 0.2) is 0 Å². The standard InChI is InChI=1S/C16H14N2O2S/c1-13-7-9-16(10-8-13)21(19,20)18-12-15(11-17-18)14-5-3-2-4-6-14/h2-12H,1H3. The van der Waals surface area contributed by atoms with Gasteiger partial charge in [-0.1, -0.05) is 48.0 Å². The van der Waals surface area contributed by atoms with Gasteiger partial charge in [0.25, 0.3) is 10.0 Å². The van der Waals surface area contributed by atoms with Crippen molar-refractivity contribution in [3.05, 3.63) is 72.6 Å². The molecule has 0 saturated carbocycles. The molecule has 0 aliphatic heterocycles. The SMILES string of the molecule is Cc1ccc(S(=O)(=O)n2cc(-c3ccccc3)cn2)cc1. The van der Waals surface area contributed by atoms with E-state index in [-0.39, 0.29) is 4.90 Å². The lowest BCUT2D eigenvalue weighted by Gasteiger charge is -2.04. The lowest BCUT2D eigenvalue weighted by Crippen LogP contribution is -2.13. The van der Waals surface area contributed by atoms with Crippen molar-refractivity contribution in [1.82, 2.24) is 9.19 Å². The number of aromatic nitrogens is 2. The van der Waals surface area contributed by atoms with E-state index in [1.54, 1.807) is 30.5 Å². The maximum absolute atomic E-state index is 12.5. The topological polar surface area (TPSA) is 52.0 Å². The summed E-state index contributed by atoms with van der Waals surface area (Å²) in [6.45, 7) is 1.91. The van der Waals surface area contributed by atoms with E-state index in [0.717, 1.165) is 20.8 Å². The third-order valence-electron chi connectivity index (χ3n) is 3.23. The highest BCUT2D eigenvalue weighted by atomic mass is 32.2. The molecule has 1 aromatic heterocycles. The third kappa shape index (κ3) is 2.60. The Labute approximate surface area is 123 Å². The molecular formula is C16H14N2O2S. The molecule has 2 aromatic carbocycles. The number of nitrogens with zero attached hydrogens (tertiary/aromatic N) is 2. The molecule has 3 rings (SSSR count). The van der Waals surface area contributed by atoms with Crippen molar-refractivity contribution >= 4 is 10.0 Å². The van der Waals surface area contributed by atoms with Crippen LogP contribution in [0, 0.1) is 6.92 Å². The van der Waals surface area contributed by atoms with Crippen molar-refractivity contribution < 1.29 is 8.42 Å². The third-order valence-corrected chi connectivity index (χ3v) is 4.79. The Bertz CT molecular complexity index is 851. The summed E-state index contributed by atoms with van der Waals surface area (Å²) in [4.78, 5) is 0.232. The van der Waals surface area contributed by atoms with Crippen molar-refractivity contribution in [1.29, 1.82) is 0 Å². The zero-order chi connectivity index (χ0) is 14.9. The Balaban J connectivity index is 2.01. The maximum atomic E-state index is 12.5. The van der Waals surface area contributed by atoms with Crippen LogP contribution in [0.2, 0.25) is 0 Å². The monoisotopic (exact) mass is 298 g/mol. The number of hydrogen-bond acceptors (Lipinski definition) is 3. The Morgan fingerprint density at radius 1 is 0.905 bits per heavy atom. The van der Waals surface area contributed by atoms with Gasteiger partial charge in [-0.05, 0) is 24.6 Å². The van der Waals surface area contributed by atoms with E-state index in [2.05, 4.69) is 5.10 Å². The first-order chi connectivity index (χ1) is 10.1. The van der Waals surface area contributed by atoms with Crippen LogP contribution in [0.5, 0.6) is 0 Å². The molecule has 0 aliphatic rings. The molecule has 0 saturated heterocycles. The first-order valence-corrected chi connectivity index (χ1v) is 7.94. The van der Waals surface area contributed by atoms with Crippen LogP contribution in [-0.2, 0) is 10.0 Å². The molecule has 0 amide bonds. The summed E-state index contributed by atoms with van der Waals surface area (Å²) in [7, 11) is -3.64. The van der Waals surface area contributed by atoms with Crippen LogP contribution in [-0.4, -0.2) is 17.6 Å². The molecule has 1 heterocycles. The van der Waals surface area contributed by atoms with Gasteiger partial charge >= 0.3 is 0 Å². The number of hydrogen-bond donors (Lipinski definition) is 0. The lowest BCUT2D eigenvalue weighted by molar-refractivity contribution is 0.580. The van der Waals surface area contributed by atoms with Crippen LogP contribution in [0.15, 0.2) is 71.9 Å². The number of aryl methyl sites for hydroxylation is 1. The van der Waals surface area contributed by atoms with Crippen LogP contribution in [0.25, 0.3) is 11.1 Å². The molecule has 21 heavy (non-hydrogen) atoms. The number of rotatable bonds is 3. The highest BCUT2D eigenvalue weighted by molar-refractivity contribution is 7.89. The average Bonchev–Trinajstić information content (AvgIpc) is 2.99. The normalized spacial score (nSPS) is 11.5. The fourth-order valence-electron chi connectivity index (χ4n) is 2.03. The second-order valence-corrected chi connectivity index (χ2v) is 6.58. The second kappa shape index (κ2) is 5.18. The van der Waals surface area contributed by atoms with Crippen molar-refractivity contribution in [2.45, 2.75) is 11.8 Å². The van der Waals surface area contributed by atoms with Gasteiger partial charge in [-0.15, -0.1) is 0 Å². The van der Waals surface area contributed by atoms with Crippen molar-refractivity contribution in [2.24, 2.45) is 0 Å². The predicted molar refractivity (Wildman–Crippen MR) is 81.4 cm³/mol. The fraction of sp³-hybridized carbons (Fsp3) is 0.0625. The molecule has 0 aliphatic carbocycles. The lowest BCUT2D eigenvalue weighted by atomic mass is 10.1. The Hall–Kier alpha value is -2.40. The summed E-state index contributed by atoms with van der Waals surface area (Å²) in [5.74, 6) is 0. The van der Waals surface area contributed by atoms with Crippen LogP contribution in [0.3, 0.4) is 0 Å². The van der Waals surface area contributed by atoms with E-state index in [4.69, 9.17) is 0 Å². The predicted octanol–water partition coefficient (Wildman–Crippen LogP) is 3.10. The highest BCUT2D eigenvalue weighted by Gasteiger charge is 2.18. The Kier molecular flexibility index (Phi) is 3.35. The quantitative estimate of drug-likeness (QED) is 0.746. The van der Waals surface area contributed by atoms with E-state index in [1.807, 2.05) is 37.3 Å². The molecule has 4 nitrogen and oxygen atoms in total. The van der Waals surface area contributed by atoms with Crippen LogP contribution < -0.4 is 0 Å². The zero-order valence-electron chi connectivity index (χ0n) is 11.5. The molecule has 0 fully saturated rings. The second-order valence-electron chi connectivity index (χ2n) is 4.79. The van der Waals surface area contributed by atoms with Gasteiger partial charge in [0.05, 0.1) is 17.3 Å². The largest absolute Gasteiger partial charge is 0.282 e. The minimum absolute atomic E-state index is 0.232. The minimum atomic E-state index is -3.64. The van der Waals surface area contributed by atoms with Crippen LogP contribution >= 0.6 is 0 Å². The first kappa shape index (κ1) is 13.6. The van der Waals surface area contributed by atoms with Gasteiger partial charge in [-0.2, -0.15) is 17.6 Å². The molecular weight excluding hydrogens is 284 g/mol. The fourth-order valence-corrected chi connectivity index (χ4v) is 3.15. The molecule has 5 heteroatoms. The summed E-state index contributed by atoms with van der Waals surface area (Å²) in [5.41, 5.74) is 2.72. The summed E-state index contributed by atoms with van der Waals surface area (Å²) in [6, 6.07) is 16.3. The highest BCUT2D eigenvalue weighted by Crippen LogP contribution is 2.20. The van der Waals surface area contributed by atoms with Gasteiger partial charge < -0.3 is 0 Å². The van der Waals surface area contributed by atoms with E-state index < -0.39 is 10.0 Å². The van der Waals surface area contributed by atoms with Gasteiger partial charge in [0.2, 0.25) is 0 Å². The Morgan fingerprint density at radius 2 is 1.57 bits per heavy atom. The first-order valence-electron chi connectivity index (χ1n) is 6.50. The van der Waals surface area contributed by atoms with E-state index in [9.17, 15) is 8.42 Å². The summed E-state index contributed by atoms with van der Waals surface area (Å²) >= 11 is 0. The van der Waals surface area contributed by atoms with E-state index >= 15 is 0 Å². The summed E-state index contributed by atoms with van der Waals surface area (Å²) in [6.07, 6.45) is 3.09. The molecule has 0 bridgehead atoms. The molecule has 0 spiro atoms. The van der Waals surface area contributed by atoms with Crippen LogP contribution in [0.4, 0.5) is 0 Å². The van der Waals surface area contributed by atoms with E-state index in [0.29, 0.717) is 0 Å². The molecule has 0 atom stereocenters. The van der Waals surface area contributed by atoms with Gasteiger partial charge in [0.1, 0.15) is 0 Å². The molecule has 0 radical (unpaired) electrons.